The number of carbonyl (C=O) groups is 1. The average Bonchev–Trinajstić information content (AvgIpc) is 2.37. The molecular weight excluding hydrogens is 277 g/mol. The summed E-state index contributed by atoms with van der Waals surface area (Å²) in [5.74, 6) is -0.766. The Labute approximate surface area is 113 Å². The number of hydrogen-bond acceptors (Lipinski definition) is 4. The number of aromatic nitrogens is 1. The Hall–Kier alpha value is -1.36. The van der Waals surface area contributed by atoms with Crippen molar-refractivity contribution in [1.82, 2.24) is 4.98 Å². The average molecular weight is 286 g/mol. The lowest BCUT2D eigenvalue weighted by Gasteiger charge is -2.12. The number of ether oxygens (including phenoxy) is 1. The fraction of sp³-hybridized carbons (Fsp3) is 0.167. The highest BCUT2D eigenvalue weighted by atomic mass is 35.5. The molecule has 1 aromatic heterocycles. The van der Waals surface area contributed by atoms with Gasteiger partial charge in [-0.15, -0.1) is 0 Å². The second-order valence-electron chi connectivity index (χ2n) is 3.60. The maximum atomic E-state index is 11.3. The van der Waals surface area contributed by atoms with Crippen LogP contribution in [0.15, 0.2) is 24.3 Å². The number of nitrogens with zero attached hydrogens (tertiary/aromatic N) is 1. The van der Waals surface area contributed by atoms with Gasteiger partial charge in [0, 0.05) is 10.9 Å². The van der Waals surface area contributed by atoms with Gasteiger partial charge in [0.2, 0.25) is 0 Å². The van der Waals surface area contributed by atoms with E-state index in [1.165, 1.54) is 13.2 Å². The van der Waals surface area contributed by atoms with Crippen molar-refractivity contribution in [2.75, 3.05) is 7.11 Å². The van der Waals surface area contributed by atoms with Crippen LogP contribution in [-0.2, 0) is 9.53 Å². The molecule has 0 aliphatic heterocycles. The molecule has 6 heteroatoms. The zero-order chi connectivity index (χ0) is 13.3. The summed E-state index contributed by atoms with van der Waals surface area (Å²) in [4.78, 5) is 15.4. The fourth-order valence-corrected chi connectivity index (χ4v) is 2.09. The van der Waals surface area contributed by atoms with Gasteiger partial charge < -0.3 is 9.84 Å². The Morgan fingerprint density at radius 2 is 2.06 bits per heavy atom. The smallest absolute Gasteiger partial charge is 0.339 e. The van der Waals surface area contributed by atoms with Crippen molar-refractivity contribution in [3.8, 4) is 0 Å². The molecule has 18 heavy (non-hydrogen) atoms. The zero-order valence-electron chi connectivity index (χ0n) is 9.35. The molecule has 0 spiro atoms. The SMILES string of the molecule is COC(=O)C(O)c1ccc2nc(Cl)ccc2c1Cl. The van der Waals surface area contributed by atoms with E-state index in [2.05, 4.69) is 9.72 Å². The van der Waals surface area contributed by atoms with Crippen LogP contribution < -0.4 is 0 Å². The quantitative estimate of drug-likeness (QED) is 0.681. The molecule has 0 aliphatic carbocycles. The van der Waals surface area contributed by atoms with Crippen LogP contribution in [0.3, 0.4) is 0 Å². The van der Waals surface area contributed by atoms with E-state index in [4.69, 9.17) is 23.2 Å². The largest absolute Gasteiger partial charge is 0.467 e. The molecule has 2 aromatic rings. The van der Waals surface area contributed by atoms with Crippen LogP contribution in [0.2, 0.25) is 10.2 Å². The van der Waals surface area contributed by atoms with Crippen LogP contribution in [0.25, 0.3) is 10.9 Å². The van der Waals surface area contributed by atoms with Gasteiger partial charge in [-0.3, -0.25) is 0 Å². The minimum absolute atomic E-state index is 0.259. The number of fused-ring (bicyclic) bond motifs is 1. The maximum Gasteiger partial charge on any atom is 0.339 e. The van der Waals surface area contributed by atoms with Gasteiger partial charge in [-0.05, 0) is 18.2 Å². The number of benzene rings is 1. The number of esters is 1. The van der Waals surface area contributed by atoms with Gasteiger partial charge in [-0.1, -0.05) is 29.3 Å². The van der Waals surface area contributed by atoms with Crippen molar-refractivity contribution in [3.05, 3.63) is 40.0 Å². The first-order valence-corrected chi connectivity index (χ1v) is 5.80. The van der Waals surface area contributed by atoms with Crippen molar-refractivity contribution in [1.29, 1.82) is 0 Å². The first kappa shape index (κ1) is 13.1. The van der Waals surface area contributed by atoms with Crippen LogP contribution in [0.1, 0.15) is 11.7 Å². The Balaban J connectivity index is 2.58. The summed E-state index contributed by atoms with van der Waals surface area (Å²) < 4.78 is 4.47. The second-order valence-corrected chi connectivity index (χ2v) is 4.36. The van der Waals surface area contributed by atoms with Gasteiger partial charge in [-0.2, -0.15) is 0 Å². The third kappa shape index (κ3) is 2.27. The van der Waals surface area contributed by atoms with Gasteiger partial charge in [0.15, 0.2) is 6.10 Å². The minimum Gasteiger partial charge on any atom is -0.467 e. The highest BCUT2D eigenvalue weighted by Gasteiger charge is 2.21. The van der Waals surface area contributed by atoms with Crippen LogP contribution in [0.4, 0.5) is 0 Å². The summed E-state index contributed by atoms with van der Waals surface area (Å²) in [5.41, 5.74) is 0.869. The van der Waals surface area contributed by atoms with E-state index in [1.54, 1.807) is 18.2 Å². The molecule has 2 rings (SSSR count). The number of rotatable bonds is 2. The molecule has 0 fully saturated rings. The highest BCUT2D eigenvalue weighted by Crippen LogP contribution is 2.31. The van der Waals surface area contributed by atoms with Crippen LogP contribution >= 0.6 is 23.2 Å². The number of aliphatic hydroxyl groups excluding tert-OH is 1. The lowest BCUT2D eigenvalue weighted by atomic mass is 10.1. The molecule has 1 aromatic carbocycles. The van der Waals surface area contributed by atoms with E-state index in [-0.39, 0.29) is 10.6 Å². The molecule has 1 N–H and O–H groups in total. The highest BCUT2D eigenvalue weighted by molar-refractivity contribution is 6.36. The van der Waals surface area contributed by atoms with Crippen molar-refractivity contribution in [2.24, 2.45) is 0 Å². The van der Waals surface area contributed by atoms with E-state index in [1.807, 2.05) is 0 Å². The Bertz CT molecular complexity index is 616. The van der Waals surface area contributed by atoms with Gasteiger partial charge in [0.1, 0.15) is 5.15 Å². The van der Waals surface area contributed by atoms with Crippen molar-refractivity contribution in [3.63, 3.8) is 0 Å². The van der Waals surface area contributed by atoms with Crippen LogP contribution in [0, 0.1) is 0 Å². The number of aliphatic hydroxyl groups is 1. The minimum atomic E-state index is -1.41. The topological polar surface area (TPSA) is 59.4 Å². The number of carbonyl (C=O) groups excluding carboxylic acids is 1. The summed E-state index contributed by atoms with van der Waals surface area (Å²) in [7, 11) is 1.20. The van der Waals surface area contributed by atoms with E-state index in [0.717, 1.165) is 0 Å². The molecule has 1 heterocycles. The fourth-order valence-electron chi connectivity index (χ4n) is 1.61. The van der Waals surface area contributed by atoms with Crippen LogP contribution in [0.5, 0.6) is 0 Å². The Morgan fingerprint density at radius 1 is 1.33 bits per heavy atom. The summed E-state index contributed by atoms with van der Waals surface area (Å²) in [5, 5.41) is 11.0. The monoisotopic (exact) mass is 285 g/mol. The van der Waals surface area contributed by atoms with Gasteiger partial charge >= 0.3 is 5.97 Å². The van der Waals surface area contributed by atoms with Gasteiger partial charge in [0.05, 0.1) is 17.6 Å². The Kier molecular flexibility index (Phi) is 3.71. The molecule has 0 aliphatic rings. The third-order valence-corrected chi connectivity index (χ3v) is 3.15. The standard InChI is InChI=1S/C12H9Cl2NO3/c1-18-12(17)11(16)7-2-4-8-6(10(7)14)3-5-9(13)15-8/h2-5,11,16H,1H3. The van der Waals surface area contributed by atoms with Crippen LogP contribution in [-0.4, -0.2) is 23.2 Å². The Morgan fingerprint density at radius 3 is 2.72 bits per heavy atom. The molecule has 1 atom stereocenters. The summed E-state index contributed by atoms with van der Waals surface area (Å²) in [6, 6.07) is 6.43. The zero-order valence-corrected chi connectivity index (χ0v) is 10.9. The van der Waals surface area contributed by atoms with Crippen molar-refractivity contribution >= 4 is 40.1 Å². The molecule has 1 unspecified atom stereocenters. The molecule has 0 amide bonds. The molecule has 0 bridgehead atoms. The van der Waals surface area contributed by atoms with Gasteiger partial charge in [-0.25, -0.2) is 9.78 Å². The molecule has 94 valence electrons. The normalized spacial score (nSPS) is 12.4. The lowest BCUT2D eigenvalue weighted by Crippen LogP contribution is -2.13. The van der Waals surface area contributed by atoms with Crippen molar-refractivity contribution < 1.29 is 14.6 Å². The first-order chi connectivity index (χ1) is 8.54. The summed E-state index contributed by atoms with van der Waals surface area (Å²) >= 11 is 11.9. The first-order valence-electron chi connectivity index (χ1n) is 5.05. The number of halogens is 2. The van der Waals surface area contributed by atoms with E-state index < -0.39 is 12.1 Å². The number of methoxy groups -OCH3 is 1. The predicted molar refractivity (Wildman–Crippen MR) is 68.7 cm³/mol. The van der Waals surface area contributed by atoms with E-state index in [0.29, 0.717) is 16.1 Å². The third-order valence-electron chi connectivity index (χ3n) is 2.52. The molecule has 0 saturated heterocycles. The van der Waals surface area contributed by atoms with E-state index >= 15 is 0 Å². The maximum absolute atomic E-state index is 11.3. The van der Waals surface area contributed by atoms with Crippen molar-refractivity contribution in [2.45, 2.75) is 6.10 Å². The molecule has 0 saturated carbocycles. The van der Waals surface area contributed by atoms with Gasteiger partial charge in [0.25, 0.3) is 0 Å². The second kappa shape index (κ2) is 5.10. The lowest BCUT2D eigenvalue weighted by molar-refractivity contribution is -0.150. The molecular formula is C12H9Cl2NO3. The van der Waals surface area contributed by atoms with E-state index in [9.17, 15) is 9.90 Å². The summed E-state index contributed by atoms with van der Waals surface area (Å²) in [6.45, 7) is 0. The molecule has 4 nitrogen and oxygen atoms in total. The number of hydrogen-bond donors (Lipinski definition) is 1. The predicted octanol–water partition coefficient (Wildman–Crippen LogP) is 2.75. The number of pyridine rings is 1. The summed E-state index contributed by atoms with van der Waals surface area (Å²) in [6.07, 6.45) is -1.41. The molecule has 0 radical (unpaired) electrons.